The molecule has 1 aromatic carbocycles. The van der Waals surface area contributed by atoms with Gasteiger partial charge in [-0.2, -0.15) is 0 Å². The van der Waals surface area contributed by atoms with E-state index in [0.717, 1.165) is 39.1 Å². The van der Waals surface area contributed by atoms with Crippen molar-refractivity contribution in [3.63, 3.8) is 0 Å². The number of ether oxygens (including phenoxy) is 2. The van der Waals surface area contributed by atoms with Crippen molar-refractivity contribution in [1.82, 2.24) is 9.97 Å². The van der Waals surface area contributed by atoms with Crippen molar-refractivity contribution >= 4 is 17.2 Å². The first-order valence-electron chi connectivity index (χ1n) is 7.44. The normalized spacial score (nSPS) is 10.5. The van der Waals surface area contributed by atoms with Crippen LogP contribution < -0.4 is 14.4 Å². The molecule has 0 saturated carbocycles. The molecule has 0 fully saturated rings. The fourth-order valence-corrected chi connectivity index (χ4v) is 3.16. The Morgan fingerprint density at radius 1 is 1.04 bits per heavy atom. The molecule has 0 unspecified atom stereocenters. The van der Waals surface area contributed by atoms with Gasteiger partial charge in [0.25, 0.3) is 0 Å². The summed E-state index contributed by atoms with van der Waals surface area (Å²) in [5, 5.41) is 2.97. The number of thiazole rings is 1. The first-order chi connectivity index (χ1) is 11.6. The summed E-state index contributed by atoms with van der Waals surface area (Å²) in [5.74, 6) is 2.46. The highest BCUT2D eigenvalue weighted by molar-refractivity contribution is 7.13. The van der Waals surface area contributed by atoms with Crippen LogP contribution >= 0.6 is 11.3 Å². The molecule has 0 saturated heterocycles. The minimum absolute atomic E-state index is 0.774. The van der Waals surface area contributed by atoms with Gasteiger partial charge in [0.15, 0.2) is 0 Å². The van der Waals surface area contributed by atoms with Gasteiger partial charge in [-0.25, -0.2) is 9.97 Å². The summed E-state index contributed by atoms with van der Waals surface area (Å²) in [6, 6.07) is 9.71. The molecule has 0 radical (unpaired) electrons. The molecule has 0 bridgehead atoms. The second-order valence-electron chi connectivity index (χ2n) is 5.40. The molecule has 0 aliphatic rings. The molecule has 0 atom stereocenters. The van der Waals surface area contributed by atoms with Gasteiger partial charge in [0, 0.05) is 36.8 Å². The molecular weight excluding hydrogens is 322 g/mol. The maximum Gasteiger partial charge on any atom is 0.128 e. The van der Waals surface area contributed by atoms with Gasteiger partial charge in [0.2, 0.25) is 0 Å². The number of rotatable bonds is 5. The first-order valence-corrected chi connectivity index (χ1v) is 8.32. The second kappa shape index (κ2) is 6.88. The van der Waals surface area contributed by atoms with Crippen LogP contribution in [-0.4, -0.2) is 38.3 Å². The molecule has 0 aliphatic heterocycles. The van der Waals surface area contributed by atoms with Crippen molar-refractivity contribution in [2.75, 3.05) is 33.2 Å². The number of aromatic nitrogens is 2. The van der Waals surface area contributed by atoms with Crippen molar-refractivity contribution in [3.05, 3.63) is 41.9 Å². The Morgan fingerprint density at radius 3 is 2.58 bits per heavy atom. The lowest BCUT2D eigenvalue weighted by molar-refractivity contribution is 0.404. The van der Waals surface area contributed by atoms with Crippen molar-refractivity contribution in [2.24, 2.45) is 0 Å². The number of anilines is 1. The number of methoxy groups -OCH3 is 2. The van der Waals surface area contributed by atoms with E-state index in [2.05, 4.69) is 4.98 Å². The van der Waals surface area contributed by atoms with Gasteiger partial charge in [0.1, 0.15) is 22.3 Å². The molecule has 124 valence electrons. The fourth-order valence-electron chi connectivity index (χ4n) is 2.34. The molecule has 0 aliphatic carbocycles. The Bertz CT molecular complexity index is 846. The number of nitrogens with zero attached hydrogens (tertiary/aromatic N) is 3. The molecule has 0 N–H and O–H groups in total. The number of hydrogen-bond acceptors (Lipinski definition) is 6. The maximum absolute atomic E-state index is 5.46. The largest absolute Gasteiger partial charge is 0.497 e. The molecular formula is C18H19N3O2S. The Balaban J connectivity index is 2.01. The van der Waals surface area contributed by atoms with Crippen LogP contribution in [-0.2, 0) is 0 Å². The van der Waals surface area contributed by atoms with E-state index in [1.54, 1.807) is 31.8 Å². The van der Waals surface area contributed by atoms with E-state index in [-0.39, 0.29) is 0 Å². The van der Waals surface area contributed by atoms with Crippen LogP contribution in [0, 0.1) is 0 Å². The van der Waals surface area contributed by atoms with Crippen LogP contribution in [0.4, 0.5) is 5.82 Å². The second-order valence-corrected chi connectivity index (χ2v) is 6.26. The average Bonchev–Trinajstić information content (AvgIpc) is 3.11. The monoisotopic (exact) mass is 341 g/mol. The lowest BCUT2D eigenvalue weighted by atomic mass is 10.1. The van der Waals surface area contributed by atoms with Gasteiger partial charge in [-0.3, -0.25) is 0 Å². The Kier molecular flexibility index (Phi) is 4.66. The summed E-state index contributed by atoms with van der Waals surface area (Å²) < 4.78 is 10.8. The van der Waals surface area contributed by atoms with Crippen molar-refractivity contribution in [1.29, 1.82) is 0 Å². The smallest absolute Gasteiger partial charge is 0.128 e. The van der Waals surface area contributed by atoms with Crippen LogP contribution in [0.5, 0.6) is 11.5 Å². The summed E-state index contributed by atoms with van der Waals surface area (Å²) in [4.78, 5) is 11.1. The molecule has 24 heavy (non-hydrogen) atoms. The van der Waals surface area contributed by atoms with Crippen molar-refractivity contribution < 1.29 is 9.47 Å². The SMILES string of the molecule is COc1ccc(OC)c(-c2csc(-c3ccnc(N(C)C)c3)n2)c1. The highest BCUT2D eigenvalue weighted by atomic mass is 32.1. The lowest BCUT2D eigenvalue weighted by Crippen LogP contribution is -2.10. The zero-order chi connectivity index (χ0) is 17.1. The zero-order valence-electron chi connectivity index (χ0n) is 14.1. The van der Waals surface area contributed by atoms with E-state index in [0.29, 0.717) is 0 Å². The van der Waals surface area contributed by atoms with E-state index in [4.69, 9.17) is 14.5 Å². The predicted molar refractivity (Wildman–Crippen MR) is 98.2 cm³/mol. The highest BCUT2D eigenvalue weighted by Gasteiger charge is 2.13. The summed E-state index contributed by atoms with van der Waals surface area (Å²) >= 11 is 1.60. The molecule has 0 amide bonds. The van der Waals surface area contributed by atoms with Crippen LogP contribution in [0.2, 0.25) is 0 Å². The molecule has 3 rings (SSSR count). The van der Waals surface area contributed by atoms with E-state index in [1.807, 2.05) is 54.7 Å². The molecule has 6 heteroatoms. The number of hydrogen-bond donors (Lipinski definition) is 0. The summed E-state index contributed by atoms with van der Waals surface area (Å²) in [6.07, 6.45) is 1.80. The third-order valence-electron chi connectivity index (χ3n) is 3.64. The van der Waals surface area contributed by atoms with Gasteiger partial charge >= 0.3 is 0 Å². The summed E-state index contributed by atoms with van der Waals surface area (Å²) in [7, 11) is 7.25. The van der Waals surface area contributed by atoms with Gasteiger partial charge in [-0.1, -0.05) is 0 Å². The topological polar surface area (TPSA) is 47.5 Å². The number of benzene rings is 1. The highest BCUT2D eigenvalue weighted by Crippen LogP contribution is 2.36. The number of pyridine rings is 1. The average molecular weight is 341 g/mol. The van der Waals surface area contributed by atoms with E-state index in [1.165, 1.54) is 0 Å². The quantitative estimate of drug-likeness (QED) is 0.703. The van der Waals surface area contributed by atoms with Crippen LogP contribution in [0.3, 0.4) is 0 Å². The first kappa shape index (κ1) is 16.3. The predicted octanol–water partition coefficient (Wildman–Crippen LogP) is 3.96. The Morgan fingerprint density at radius 2 is 1.88 bits per heavy atom. The van der Waals surface area contributed by atoms with E-state index < -0.39 is 0 Å². The maximum atomic E-state index is 5.46. The molecule has 0 spiro atoms. The Labute approximate surface area is 145 Å². The van der Waals surface area contributed by atoms with Crippen LogP contribution in [0.25, 0.3) is 21.8 Å². The minimum Gasteiger partial charge on any atom is -0.497 e. The van der Waals surface area contributed by atoms with Gasteiger partial charge in [0.05, 0.1) is 19.9 Å². The van der Waals surface area contributed by atoms with E-state index >= 15 is 0 Å². The molecule has 3 aromatic rings. The standard InChI is InChI=1S/C18H19N3O2S/c1-21(2)17-9-12(7-8-19-17)18-20-15(11-24-18)14-10-13(22-3)5-6-16(14)23-4/h5-11H,1-4H3. The lowest BCUT2D eigenvalue weighted by Gasteiger charge is -2.11. The molecule has 2 heterocycles. The molecule has 2 aromatic heterocycles. The third kappa shape index (κ3) is 3.19. The summed E-state index contributed by atoms with van der Waals surface area (Å²) in [6.45, 7) is 0. The van der Waals surface area contributed by atoms with E-state index in [9.17, 15) is 0 Å². The zero-order valence-corrected chi connectivity index (χ0v) is 14.9. The van der Waals surface area contributed by atoms with Crippen molar-refractivity contribution in [3.8, 4) is 33.3 Å². The Hall–Kier alpha value is -2.60. The van der Waals surface area contributed by atoms with Crippen LogP contribution in [0.15, 0.2) is 41.9 Å². The summed E-state index contributed by atoms with van der Waals surface area (Å²) in [5.41, 5.74) is 2.84. The van der Waals surface area contributed by atoms with Gasteiger partial charge in [-0.15, -0.1) is 11.3 Å². The minimum atomic E-state index is 0.774. The fraction of sp³-hybridized carbons (Fsp3) is 0.222. The third-order valence-corrected chi connectivity index (χ3v) is 4.53. The molecule has 5 nitrogen and oxygen atoms in total. The van der Waals surface area contributed by atoms with Crippen molar-refractivity contribution in [2.45, 2.75) is 0 Å². The van der Waals surface area contributed by atoms with Gasteiger partial charge in [-0.05, 0) is 30.3 Å². The van der Waals surface area contributed by atoms with Crippen LogP contribution in [0.1, 0.15) is 0 Å². The van der Waals surface area contributed by atoms with Gasteiger partial charge < -0.3 is 14.4 Å².